The van der Waals surface area contributed by atoms with E-state index in [0.29, 0.717) is 17.9 Å². The van der Waals surface area contributed by atoms with Crippen molar-refractivity contribution >= 4 is 0 Å². The molecule has 2 rings (SSSR count). The summed E-state index contributed by atoms with van der Waals surface area (Å²) in [4.78, 5) is 11.1. The van der Waals surface area contributed by atoms with E-state index in [0.717, 1.165) is 11.1 Å². The number of benzene rings is 2. The Morgan fingerprint density at radius 3 is 2.30 bits per heavy atom. The molecule has 1 atom stereocenters. The lowest BCUT2D eigenvalue weighted by molar-refractivity contribution is 0.354. The Labute approximate surface area is 118 Å². The molecule has 0 saturated heterocycles. The first-order valence-corrected chi connectivity index (χ1v) is 6.36. The molecule has 0 saturated carbocycles. The minimum atomic E-state index is -0.433. The average molecular weight is 271 g/mol. The van der Waals surface area contributed by atoms with Crippen molar-refractivity contribution in [1.82, 2.24) is 0 Å². The predicted octanol–water partition coefficient (Wildman–Crippen LogP) is 3.75. The van der Waals surface area contributed by atoms with Crippen LogP contribution in [0.15, 0.2) is 53.7 Å². The van der Waals surface area contributed by atoms with Crippen molar-refractivity contribution in [3.05, 3.63) is 64.6 Å². The van der Waals surface area contributed by atoms with Gasteiger partial charge in [-0.2, -0.15) is 4.91 Å². The molecule has 2 aromatic carbocycles. The number of nitroso groups, excluding NO2 is 1. The van der Waals surface area contributed by atoms with Crippen LogP contribution < -0.4 is 9.47 Å². The molecule has 0 fully saturated rings. The molecule has 0 aliphatic rings. The fourth-order valence-electron chi connectivity index (χ4n) is 2.11. The van der Waals surface area contributed by atoms with Crippen molar-refractivity contribution < 1.29 is 9.47 Å². The number of rotatable bonds is 6. The molecule has 4 nitrogen and oxygen atoms in total. The van der Waals surface area contributed by atoms with E-state index >= 15 is 0 Å². The standard InChI is InChI=1S/C16H17NO3/c1-19-15-9-8-13(11-16(15)20-2)14(17-18)10-12-6-4-3-5-7-12/h3-9,11,14H,10H2,1-2H3. The molecule has 0 aromatic heterocycles. The van der Waals surface area contributed by atoms with Crippen LogP contribution in [0.3, 0.4) is 0 Å². The highest BCUT2D eigenvalue weighted by molar-refractivity contribution is 5.44. The van der Waals surface area contributed by atoms with Gasteiger partial charge in [0.05, 0.1) is 14.2 Å². The number of methoxy groups -OCH3 is 2. The molecule has 0 radical (unpaired) electrons. The van der Waals surface area contributed by atoms with E-state index in [2.05, 4.69) is 5.18 Å². The molecule has 0 bridgehead atoms. The van der Waals surface area contributed by atoms with Gasteiger partial charge in [-0.05, 0) is 23.3 Å². The topological polar surface area (TPSA) is 47.9 Å². The summed E-state index contributed by atoms with van der Waals surface area (Å²) in [6.07, 6.45) is 0.569. The van der Waals surface area contributed by atoms with Crippen LogP contribution in [-0.4, -0.2) is 14.2 Å². The molecule has 2 aromatic rings. The molecule has 0 heterocycles. The third kappa shape index (κ3) is 3.15. The van der Waals surface area contributed by atoms with E-state index < -0.39 is 6.04 Å². The van der Waals surface area contributed by atoms with Gasteiger partial charge >= 0.3 is 0 Å². The zero-order chi connectivity index (χ0) is 14.4. The quantitative estimate of drug-likeness (QED) is 0.752. The van der Waals surface area contributed by atoms with Crippen LogP contribution in [0.1, 0.15) is 17.2 Å². The Kier molecular flexibility index (Phi) is 4.71. The summed E-state index contributed by atoms with van der Waals surface area (Å²) >= 11 is 0. The highest BCUT2D eigenvalue weighted by Gasteiger charge is 2.15. The minimum absolute atomic E-state index is 0.433. The van der Waals surface area contributed by atoms with Crippen molar-refractivity contribution in [3.63, 3.8) is 0 Å². The van der Waals surface area contributed by atoms with Crippen LogP contribution >= 0.6 is 0 Å². The molecule has 4 heteroatoms. The normalized spacial score (nSPS) is 11.7. The van der Waals surface area contributed by atoms with Gasteiger partial charge in [-0.1, -0.05) is 41.6 Å². The van der Waals surface area contributed by atoms with Gasteiger partial charge in [-0.3, -0.25) is 0 Å². The fourth-order valence-corrected chi connectivity index (χ4v) is 2.11. The van der Waals surface area contributed by atoms with E-state index in [9.17, 15) is 4.91 Å². The average Bonchev–Trinajstić information content (AvgIpc) is 2.53. The van der Waals surface area contributed by atoms with Crippen LogP contribution in [0.25, 0.3) is 0 Å². The molecule has 0 aliphatic heterocycles. The Hall–Kier alpha value is -2.36. The molecule has 0 spiro atoms. The Morgan fingerprint density at radius 2 is 1.70 bits per heavy atom. The van der Waals surface area contributed by atoms with Crippen molar-refractivity contribution in [2.24, 2.45) is 5.18 Å². The first kappa shape index (κ1) is 14.1. The Bertz CT molecular complexity index is 569. The van der Waals surface area contributed by atoms with Crippen molar-refractivity contribution in [2.75, 3.05) is 14.2 Å². The van der Waals surface area contributed by atoms with Gasteiger partial charge < -0.3 is 9.47 Å². The van der Waals surface area contributed by atoms with Gasteiger partial charge in [0.25, 0.3) is 0 Å². The van der Waals surface area contributed by atoms with Gasteiger partial charge in [0, 0.05) is 6.42 Å². The monoisotopic (exact) mass is 271 g/mol. The second kappa shape index (κ2) is 6.70. The van der Waals surface area contributed by atoms with Crippen LogP contribution in [0, 0.1) is 4.91 Å². The van der Waals surface area contributed by atoms with Crippen LogP contribution in [0.2, 0.25) is 0 Å². The van der Waals surface area contributed by atoms with Crippen molar-refractivity contribution in [1.29, 1.82) is 0 Å². The molecular weight excluding hydrogens is 254 g/mol. The maximum atomic E-state index is 11.1. The summed E-state index contributed by atoms with van der Waals surface area (Å²) in [6.45, 7) is 0. The Balaban J connectivity index is 2.25. The number of nitrogens with zero attached hydrogens (tertiary/aromatic N) is 1. The zero-order valence-electron chi connectivity index (χ0n) is 11.6. The third-order valence-electron chi connectivity index (χ3n) is 3.19. The number of hydrogen-bond donors (Lipinski definition) is 0. The first-order valence-electron chi connectivity index (χ1n) is 6.36. The van der Waals surface area contributed by atoms with Crippen LogP contribution in [0.5, 0.6) is 11.5 Å². The highest BCUT2D eigenvalue weighted by Crippen LogP contribution is 2.32. The summed E-state index contributed by atoms with van der Waals surface area (Å²) in [7, 11) is 3.15. The van der Waals surface area contributed by atoms with Crippen molar-refractivity contribution in [3.8, 4) is 11.5 Å². The van der Waals surface area contributed by atoms with E-state index in [4.69, 9.17) is 9.47 Å². The van der Waals surface area contributed by atoms with Gasteiger partial charge in [0.1, 0.15) is 6.04 Å². The third-order valence-corrected chi connectivity index (χ3v) is 3.19. The smallest absolute Gasteiger partial charge is 0.161 e. The maximum Gasteiger partial charge on any atom is 0.161 e. The number of hydrogen-bond acceptors (Lipinski definition) is 4. The maximum absolute atomic E-state index is 11.1. The second-order valence-corrected chi connectivity index (χ2v) is 4.43. The summed E-state index contributed by atoms with van der Waals surface area (Å²) in [6, 6.07) is 14.8. The molecular formula is C16H17NO3. The number of ether oxygens (including phenoxy) is 2. The van der Waals surface area contributed by atoms with Gasteiger partial charge in [0.2, 0.25) is 0 Å². The van der Waals surface area contributed by atoms with E-state index in [1.807, 2.05) is 36.4 Å². The fraction of sp³-hybridized carbons (Fsp3) is 0.250. The van der Waals surface area contributed by atoms with Gasteiger partial charge in [-0.25, -0.2) is 0 Å². The second-order valence-electron chi connectivity index (χ2n) is 4.43. The molecule has 104 valence electrons. The molecule has 1 unspecified atom stereocenters. The summed E-state index contributed by atoms with van der Waals surface area (Å²) in [5.41, 5.74) is 1.90. The lowest BCUT2D eigenvalue weighted by atomic mass is 9.99. The molecule has 0 aliphatic carbocycles. The van der Waals surface area contributed by atoms with E-state index in [1.165, 1.54) is 0 Å². The summed E-state index contributed by atoms with van der Waals surface area (Å²) in [5, 5.41) is 3.24. The van der Waals surface area contributed by atoms with Crippen LogP contribution in [0.4, 0.5) is 0 Å². The lowest BCUT2D eigenvalue weighted by Crippen LogP contribution is -2.01. The SMILES string of the molecule is COc1ccc(C(Cc2ccccc2)N=O)cc1OC. The zero-order valence-corrected chi connectivity index (χ0v) is 11.6. The summed E-state index contributed by atoms with van der Waals surface area (Å²) < 4.78 is 10.4. The Morgan fingerprint density at radius 1 is 1.00 bits per heavy atom. The van der Waals surface area contributed by atoms with Crippen LogP contribution in [-0.2, 0) is 6.42 Å². The largest absolute Gasteiger partial charge is 0.493 e. The van der Waals surface area contributed by atoms with Crippen molar-refractivity contribution in [2.45, 2.75) is 12.5 Å². The summed E-state index contributed by atoms with van der Waals surface area (Å²) in [5.74, 6) is 1.24. The highest BCUT2D eigenvalue weighted by atomic mass is 16.5. The molecule has 20 heavy (non-hydrogen) atoms. The van der Waals surface area contributed by atoms with Gasteiger partial charge in [-0.15, -0.1) is 0 Å². The lowest BCUT2D eigenvalue weighted by Gasteiger charge is -2.13. The van der Waals surface area contributed by atoms with Gasteiger partial charge in [0.15, 0.2) is 11.5 Å². The first-order chi connectivity index (χ1) is 9.78. The van der Waals surface area contributed by atoms with E-state index in [-0.39, 0.29) is 0 Å². The predicted molar refractivity (Wildman–Crippen MR) is 78.2 cm³/mol. The van der Waals surface area contributed by atoms with E-state index in [1.54, 1.807) is 26.4 Å². The molecule has 0 amide bonds. The minimum Gasteiger partial charge on any atom is -0.493 e. The molecule has 0 N–H and O–H groups in total.